The van der Waals surface area contributed by atoms with E-state index in [0.29, 0.717) is 0 Å². The van der Waals surface area contributed by atoms with Gasteiger partial charge in [-0.25, -0.2) is 9.97 Å². The van der Waals surface area contributed by atoms with E-state index in [-0.39, 0.29) is 6.04 Å². The number of hydrogen-bond acceptors (Lipinski definition) is 3. The van der Waals surface area contributed by atoms with Crippen LogP contribution in [-0.4, -0.2) is 16.5 Å². The average molecular weight is 269 g/mol. The van der Waals surface area contributed by atoms with Gasteiger partial charge in [0.15, 0.2) is 0 Å². The lowest BCUT2D eigenvalue weighted by Crippen LogP contribution is -2.25. The van der Waals surface area contributed by atoms with E-state index in [1.807, 2.05) is 19.2 Å². The zero-order chi connectivity index (χ0) is 14.5. The summed E-state index contributed by atoms with van der Waals surface area (Å²) in [6.45, 7) is 9.37. The van der Waals surface area contributed by atoms with Crippen LogP contribution in [0.15, 0.2) is 30.5 Å². The molecule has 2 aromatic rings. The van der Waals surface area contributed by atoms with Crippen LogP contribution in [-0.2, 0) is 0 Å². The van der Waals surface area contributed by atoms with Crippen molar-refractivity contribution in [3.63, 3.8) is 0 Å². The molecular weight excluding hydrogens is 246 g/mol. The molecule has 1 unspecified atom stereocenters. The Balaban J connectivity index is 2.41. The van der Waals surface area contributed by atoms with Crippen LogP contribution in [0.2, 0.25) is 0 Å². The maximum Gasteiger partial charge on any atom is 0.125 e. The number of rotatable bonds is 5. The molecule has 0 saturated carbocycles. The molecule has 0 bridgehead atoms. The van der Waals surface area contributed by atoms with E-state index in [4.69, 9.17) is 0 Å². The highest BCUT2D eigenvalue weighted by atomic mass is 15.0. The van der Waals surface area contributed by atoms with Gasteiger partial charge in [-0.1, -0.05) is 30.7 Å². The molecule has 0 aliphatic heterocycles. The minimum absolute atomic E-state index is 0.136. The molecule has 20 heavy (non-hydrogen) atoms. The second-order valence-electron chi connectivity index (χ2n) is 5.28. The summed E-state index contributed by atoms with van der Waals surface area (Å²) < 4.78 is 0. The summed E-state index contributed by atoms with van der Waals surface area (Å²) in [7, 11) is 0. The number of aromatic nitrogens is 2. The van der Waals surface area contributed by atoms with Gasteiger partial charge in [-0.05, 0) is 50.9 Å². The number of aryl methyl sites for hydroxylation is 3. The molecule has 3 nitrogen and oxygen atoms in total. The molecule has 1 heterocycles. The second-order valence-corrected chi connectivity index (χ2v) is 5.28. The summed E-state index contributed by atoms with van der Waals surface area (Å²) in [6, 6.07) is 8.73. The Morgan fingerprint density at radius 3 is 2.60 bits per heavy atom. The maximum absolute atomic E-state index is 4.59. The van der Waals surface area contributed by atoms with Crippen LogP contribution >= 0.6 is 0 Å². The zero-order valence-electron chi connectivity index (χ0n) is 12.8. The molecule has 0 fully saturated rings. The molecule has 3 heteroatoms. The molecule has 0 amide bonds. The molecule has 0 aliphatic rings. The van der Waals surface area contributed by atoms with Crippen LogP contribution in [0.5, 0.6) is 0 Å². The summed E-state index contributed by atoms with van der Waals surface area (Å²) >= 11 is 0. The number of benzene rings is 1. The first-order valence-corrected chi connectivity index (χ1v) is 7.22. The Kier molecular flexibility index (Phi) is 4.85. The van der Waals surface area contributed by atoms with Gasteiger partial charge in [0.25, 0.3) is 0 Å². The minimum Gasteiger partial charge on any atom is -0.305 e. The van der Waals surface area contributed by atoms with Crippen molar-refractivity contribution >= 4 is 0 Å². The molecule has 1 aromatic carbocycles. The van der Waals surface area contributed by atoms with Gasteiger partial charge in [-0.2, -0.15) is 0 Å². The van der Waals surface area contributed by atoms with Gasteiger partial charge in [0.1, 0.15) is 5.82 Å². The Labute approximate surface area is 121 Å². The van der Waals surface area contributed by atoms with Gasteiger partial charge >= 0.3 is 0 Å². The molecule has 1 atom stereocenters. The van der Waals surface area contributed by atoms with Crippen molar-refractivity contribution in [2.45, 2.75) is 40.2 Å². The first-order chi connectivity index (χ1) is 9.61. The zero-order valence-corrected chi connectivity index (χ0v) is 12.8. The Morgan fingerprint density at radius 1 is 1.15 bits per heavy atom. The van der Waals surface area contributed by atoms with Crippen molar-refractivity contribution in [2.75, 3.05) is 6.54 Å². The lowest BCUT2D eigenvalue weighted by atomic mass is 9.96. The van der Waals surface area contributed by atoms with E-state index in [2.05, 4.69) is 54.3 Å². The molecule has 0 aliphatic carbocycles. The van der Waals surface area contributed by atoms with Crippen LogP contribution in [0.4, 0.5) is 0 Å². The van der Waals surface area contributed by atoms with Gasteiger partial charge in [-0.15, -0.1) is 0 Å². The van der Waals surface area contributed by atoms with Gasteiger partial charge in [0, 0.05) is 6.20 Å². The Morgan fingerprint density at radius 2 is 1.95 bits per heavy atom. The molecule has 2 rings (SSSR count). The van der Waals surface area contributed by atoms with Gasteiger partial charge in [-0.3, -0.25) is 0 Å². The van der Waals surface area contributed by atoms with Crippen LogP contribution in [0.3, 0.4) is 0 Å². The van der Waals surface area contributed by atoms with E-state index in [9.17, 15) is 0 Å². The molecular formula is C17H23N3. The van der Waals surface area contributed by atoms with Gasteiger partial charge in [0.2, 0.25) is 0 Å². The summed E-state index contributed by atoms with van der Waals surface area (Å²) in [6.07, 6.45) is 2.94. The summed E-state index contributed by atoms with van der Waals surface area (Å²) in [5.41, 5.74) is 4.93. The Hall–Kier alpha value is -1.74. The largest absolute Gasteiger partial charge is 0.305 e. The van der Waals surface area contributed by atoms with E-state index in [0.717, 1.165) is 24.5 Å². The van der Waals surface area contributed by atoms with E-state index >= 15 is 0 Å². The molecule has 106 valence electrons. The van der Waals surface area contributed by atoms with Crippen LogP contribution in [0, 0.1) is 20.8 Å². The fraction of sp³-hybridized carbons (Fsp3) is 0.412. The van der Waals surface area contributed by atoms with Crippen molar-refractivity contribution in [3.05, 3.63) is 58.7 Å². The molecule has 1 aromatic heterocycles. The van der Waals surface area contributed by atoms with Crippen LogP contribution < -0.4 is 5.32 Å². The highest BCUT2D eigenvalue weighted by molar-refractivity contribution is 5.36. The summed E-state index contributed by atoms with van der Waals surface area (Å²) in [5, 5.41) is 3.60. The fourth-order valence-corrected chi connectivity index (χ4v) is 2.45. The molecule has 0 spiro atoms. The average Bonchev–Trinajstić information content (AvgIpc) is 2.41. The van der Waals surface area contributed by atoms with Crippen LogP contribution in [0.1, 0.15) is 47.6 Å². The smallest absolute Gasteiger partial charge is 0.125 e. The highest BCUT2D eigenvalue weighted by Gasteiger charge is 2.17. The number of nitrogens with one attached hydrogen (secondary N) is 1. The Bertz CT molecular complexity index is 578. The van der Waals surface area contributed by atoms with Crippen LogP contribution in [0.25, 0.3) is 0 Å². The molecule has 0 radical (unpaired) electrons. The van der Waals surface area contributed by atoms with Crippen molar-refractivity contribution < 1.29 is 0 Å². The standard InChI is InChI=1S/C17H23N3/c1-5-9-19-17(16-8-10-18-14(4)20-16)15-7-6-12(2)11-13(15)3/h6-8,10-11,17,19H,5,9H2,1-4H3. The summed E-state index contributed by atoms with van der Waals surface area (Å²) in [5.74, 6) is 0.815. The predicted molar refractivity (Wildman–Crippen MR) is 82.8 cm³/mol. The van der Waals surface area contributed by atoms with E-state index < -0.39 is 0 Å². The minimum atomic E-state index is 0.136. The predicted octanol–water partition coefficient (Wildman–Crippen LogP) is 3.49. The third kappa shape index (κ3) is 3.42. The van der Waals surface area contributed by atoms with Crippen molar-refractivity contribution in [3.8, 4) is 0 Å². The van der Waals surface area contributed by atoms with Gasteiger partial charge in [0.05, 0.1) is 11.7 Å². The number of hydrogen-bond donors (Lipinski definition) is 1. The van der Waals surface area contributed by atoms with Crippen molar-refractivity contribution in [2.24, 2.45) is 0 Å². The van der Waals surface area contributed by atoms with Gasteiger partial charge < -0.3 is 5.32 Å². The second kappa shape index (κ2) is 6.62. The molecule has 0 saturated heterocycles. The van der Waals surface area contributed by atoms with E-state index in [1.54, 1.807) is 0 Å². The van der Waals surface area contributed by atoms with Crippen molar-refractivity contribution in [1.29, 1.82) is 0 Å². The maximum atomic E-state index is 4.59. The SMILES string of the molecule is CCCNC(c1ccnc(C)n1)c1ccc(C)cc1C. The normalized spacial score (nSPS) is 12.4. The van der Waals surface area contributed by atoms with E-state index in [1.165, 1.54) is 16.7 Å². The third-order valence-corrected chi connectivity index (χ3v) is 3.43. The first kappa shape index (κ1) is 14.7. The molecule has 1 N–H and O–H groups in total. The number of nitrogens with zero attached hydrogens (tertiary/aromatic N) is 2. The third-order valence-electron chi connectivity index (χ3n) is 3.43. The topological polar surface area (TPSA) is 37.8 Å². The fourth-order valence-electron chi connectivity index (χ4n) is 2.45. The summed E-state index contributed by atoms with van der Waals surface area (Å²) in [4.78, 5) is 8.79. The quantitative estimate of drug-likeness (QED) is 0.903. The first-order valence-electron chi connectivity index (χ1n) is 7.22. The van der Waals surface area contributed by atoms with Crippen molar-refractivity contribution in [1.82, 2.24) is 15.3 Å². The highest BCUT2D eigenvalue weighted by Crippen LogP contribution is 2.24. The lowest BCUT2D eigenvalue weighted by Gasteiger charge is -2.21. The monoisotopic (exact) mass is 269 g/mol. The lowest BCUT2D eigenvalue weighted by molar-refractivity contribution is 0.581.